The van der Waals surface area contributed by atoms with Crippen LogP contribution in [0.3, 0.4) is 0 Å². The molecule has 92 valence electrons. The van der Waals surface area contributed by atoms with Crippen molar-refractivity contribution < 1.29 is 13.5 Å². The van der Waals surface area contributed by atoms with E-state index in [1.54, 1.807) is 0 Å². The Labute approximate surface area is 102 Å². The maximum absolute atomic E-state index is 11.9. The number of aromatic nitrogens is 2. The van der Waals surface area contributed by atoms with Gasteiger partial charge in [-0.2, -0.15) is 5.10 Å². The fourth-order valence-corrected chi connectivity index (χ4v) is 1.57. The van der Waals surface area contributed by atoms with Crippen LogP contribution in [0.25, 0.3) is 0 Å². The van der Waals surface area contributed by atoms with Gasteiger partial charge < -0.3 is 4.74 Å². The highest BCUT2D eigenvalue weighted by molar-refractivity contribution is 9.10. The Balaban J connectivity index is 2.56. The zero-order valence-electron chi connectivity index (χ0n) is 9.29. The molecule has 1 rings (SSSR count). The maximum atomic E-state index is 11.9. The van der Waals surface area contributed by atoms with Crippen molar-refractivity contribution in [3.8, 4) is 0 Å². The van der Waals surface area contributed by atoms with E-state index in [9.17, 15) is 8.78 Å². The molecular weight excluding hydrogens is 282 g/mol. The van der Waals surface area contributed by atoms with Crippen molar-refractivity contribution in [1.29, 1.82) is 0 Å². The fourth-order valence-electron chi connectivity index (χ4n) is 1.16. The topological polar surface area (TPSA) is 27.1 Å². The number of nitrogens with zero attached hydrogens (tertiary/aromatic N) is 2. The Kier molecular flexibility index (Phi) is 5.34. The number of alkyl halides is 2. The summed E-state index contributed by atoms with van der Waals surface area (Å²) in [5.41, 5.74) is 0.654. The number of hydrogen-bond acceptors (Lipinski definition) is 2. The van der Waals surface area contributed by atoms with Gasteiger partial charge in [0.15, 0.2) is 0 Å². The van der Waals surface area contributed by atoms with Gasteiger partial charge in [0.2, 0.25) is 0 Å². The minimum absolute atomic E-state index is 0.106. The van der Waals surface area contributed by atoms with Gasteiger partial charge in [0.25, 0.3) is 6.43 Å². The number of rotatable bonds is 6. The predicted molar refractivity (Wildman–Crippen MR) is 60.6 cm³/mol. The molecule has 0 radical (unpaired) electrons. The summed E-state index contributed by atoms with van der Waals surface area (Å²) in [5, 5.41) is 4.28. The van der Waals surface area contributed by atoms with Crippen molar-refractivity contribution in [3.05, 3.63) is 16.4 Å². The minimum atomic E-state index is -2.43. The maximum Gasteiger partial charge on any atom is 0.261 e. The molecule has 0 spiro atoms. The average molecular weight is 297 g/mol. The van der Waals surface area contributed by atoms with Gasteiger partial charge in [0.1, 0.15) is 12.3 Å². The van der Waals surface area contributed by atoms with E-state index >= 15 is 0 Å². The lowest BCUT2D eigenvalue weighted by molar-refractivity contribution is 0.00847. The van der Waals surface area contributed by atoms with Crippen LogP contribution < -0.4 is 0 Å². The molecule has 0 saturated heterocycles. The summed E-state index contributed by atoms with van der Waals surface area (Å²) >= 11 is 3.33. The zero-order chi connectivity index (χ0) is 12.1. The second kappa shape index (κ2) is 6.30. The van der Waals surface area contributed by atoms with Crippen LogP contribution in [0.4, 0.5) is 8.78 Å². The molecule has 1 aromatic rings. The van der Waals surface area contributed by atoms with Gasteiger partial charge in [-0.15, -0.1) is 0 Å². The Morgan fingerprint density at radius 1 is 1.56 bits per heavy atom. The van der Waals surface area contributed by atoms with Crippen LogP contribution in [0.1, 0.15) is 32.0 Å². The van der Waals surface area contributed by atoms with E-state index in [-0.39, 0.29) is 6.61 Å². The summed E-state index contributed by atoms with van der Waals surface area (Å²) in [6.45, 7) is 3.66. The monoisotopic (exact) mass is 296 g/mol. The van der Waals surface area contributed by atoms with E-state index in [1.807, 2.05) is 17.8 Å². The van der Waals surface area contributed by atoms with Crippen molar-refractivity contribution in [1.82, 2.24) is 9.78 Å². The second-order valence-electron chi connectivity index (χ2n) is 3.57. The molecule has 0 unspecified atom stereocenters. The van der Waals surface area contributed by atoms with Crippen LogP contribution in [-0.4, -0.2) is 22.8 Å². The van der Waals surface area contributed by atoms with Gasteiger partial charge in [-0.05, 0) is 29.3 Å². The minimum Gasteiger partial charge on any atom is -0.369 e. The van der Waals surface area contributed by atoms with Crippen molar-refractivity contribution in [2.24, 2.45) is 0 Å². The smallest absolute Gasteiger partial charge is 0.261 e. The SMILES string of the molecule is CC[C@@H](C)n1cc(Br)c(COCC(F)F)n1. The van der Waals surface area contributed by atoms with Crippen molar-refractivity contribution in [2.45, 2.75) is 39.3 Å². The first-order chi connectivity index (χ1) is 7.54. The molecule has 1 atom stereocenters. The second-order valence-corrected chi connectivity index (χ2v) is 4.42. The van der Waals surface area contributed by atoms with Gasteiger partial charge in [0, 0.05) is 12.2 Å². The standard InChI is InChI=1S/C10H15BrF2N2O/c1-3-7(2)15-4-8(11)9(14-15)5-16-6-10(12)13/h4,7,10H,3,5-6H2,1-2H3/t7-/m1/s1. The van der Waals surface area contributed by atoms with E-state index < -0.39 is 13.0 Å². The highest BCUT2D eigenvalue weighted by atomic mass is 79.9. The third kappa shape index (κ3) is 3.83. The van der Waals surface area contributed by atoms with Gasteiger partial charge in [-0.25, -0.2) is 8.78 Å². The van der Waals surface area contributed by atoms with E-state index in [1.165, 1.54) is 0 Å². The summed E-state index contributed by atoms with van der Waals surface area (Å²) in [7, 11) is 0. The van der Waals surface area contributed by atoms with Crippen LogP contribution in [0.15, 0.2) is 10.7 Å². The van der Waals surface area contributed by atoms with Crippen LogP contribution >= 0.6 is 15.9 Å². The van der Waals surface area contributed by atoms with Crippen molar-refractivity contribution in [3.63, 3.8) is 0 Å². The molecule has 0 bridgehead atoms. The first-order valence-corrected chi connectivity index (χ1v) is 5.93. The van der Waals surface area contributed by atoms with Gasteiger partial charge in [-0.1, -0.05) is 6.92 Å². The normalized spacial score (nSPS) is 13.4. The van der Waals surface area contributed by atoms with E-state index in [2.05, 4.69) is 28.0 Å². The van der Waals surface area contributed by atoms with Crippen LogP contribution in [-0.2, 0) is 11.3 Å². The first-order valence-electron chi connectivity index (χ1n) is 5.14. The predicted octanol–water partition coefficient (Wildman–Crippen LogP) is 3.40. The van der Waals surface area contributed by atoms with Gasteiger partial charge >= 0.3 is 0 Å². The molecule has 6 heteroatoms. The Bertz CT molecular complexity index is 331. The van der Waals surface area contributed by atoms with E-state index in [0.29, 0.717) is 11.7 Å². The molecule has 0 aromatic carbocycles. The van der Waals surface area contributed by atoms with Crippen LogP contribution in [0.2, 0.25) is 0 Å². The summed E-state index contributed by atoms with van der Waals surface area (Å²) < 4.78 is 31.2. The molecule has 0 aliphatic heterocycles. The first kappa shape index (κ1) is 13.6. The van der Waals surface area contributed by atoms with Crippen LogP contribution in [0.5, 0.6) is 0 Å². The van der Waals surface area contributed by atoms with Crippen molar-refractivity contribution in [2.75, 3.05) is 6.61 Å². The highest BCUT2D eigenvalue weighted by Crippen LogP contribution is 2.19. The summed E-state index contributed by atoms with van der Waals surface area (Å²) in [6, 6.07) is 0.292. The van der Waals surface area contributed by atoms with Gasteiger partial charge in [-0.3, -0.25) is 4.68 Å². The molecule has 16 heavy (non-hydrogen) atoms. The van der Waals surface area contributed by atoms with E-state index in [0.717, 1.165) is 10.9 Å². The Morgan fingerprint density at radius 2 is 2.25 bits per heavy atom. The molecular formula is C10H15BrF2N2O. The molecule has 0 fully saturated rings. The molecule has 0 aliphatic rings. The Hall–Kier alpha value is -0.490. The van der Waals surface area contributed by atoms with E-state index in [4.69, 9.17) is 4.74 Å². The molecule has 3 nitrogen and oxygen atoms in total. The summed E-state index contributed by atoms with van der Waals surface area (Å²) in [6.07, 6.45) is 0.371. The van der Waals surface area contributed by atoms with Gasteiger partial charge in [0.05, 0.1) is 11.1 Å². The highest BCUT2D eigenvalue weighted by Gasteiger charge is 2.11. The number of halogens is 3. The molecule has 1 aromatic heterocycles. The molecule has 0 saturated carbocycles. The number of hydrogen-bond donors (Lipinski definition) is 0. The largest absolute Gasteiger partial charge is 0.369 e. The summed E-state index contributed by atoms with van der Waals surface area (Å²) in [5.74, 6) is 0. The Morgan fingerprint density at radius 3 is 2.81 bits per heavy atom. The quantitative estimate of drug-likeness (QED) is 0.804. The lowest BCUT2D eigenvalue weighted by Crippen LogP contribution is -2.07. The third-order valence-electron chi connectivity index (χ3n) is 2.28. The zero-order valence-corrected chi connectivity index (χ0v) is 10.9. The molecule has 0 amide bonds. The third-order valence-corrected chi connectivity index (χ3v) is 2.94. The van der Waals surface area contributed by atoms with Crippen molar-refractivity contribution >= 4 is 15.9 Å². The lowest BCUT2D eigenvalue weighted by atomic mass is 10.3. The molecule has 0 N–H and O–H groups in total. The molecule has 1 heterocycles. The number of ether oxygens (including phenoxy) is 1. The molecule has 0 aliphatic carbocycles. The fraction of sp³-hybridized carbons (Fsp3) is 0.700. The summed E-state index contributed by atoms with van der Waals surface area (Å²) in [4.78, 5) is 0. The van der Waals surface area contributed by atoms with Crippen LogP contribution in [0, 0.1) is 0 Å². The average Bonchev–Trinajstić information content (AvgIpc) is 2.59. The lowest BCUT2D eigenvalue weighted by Gasteiger charge is -2.07.